The van der Waals surface area contributed by atoms with E-state index < -0.39 is 22.0 Å². The van der Waals surface area contributed by atoms with Gasteiger partial charge in [-0.05, 0) is 36.8 Å². The molecule has 0 radical (unpaired) electrons. The first-order chi connectivity index (χ1) is 12.3. The molecule has 0 fully saturated rings. The summed E-state index contributed by atoms with van der Waals surface area (Å²) in [6.07, 6.45) is 0. The van der Waals surface area contributed by atoms with Crippen LogP contribution in [0.15, 0.2) is 47.4 Å². The molecule has 0 bridgehead atoms. The summed E-state index contributed by atoms with van der Waals surface area (Å²) in [6, 6.07) is 11.5. The highest BCUT2D eigenvalue weighted by Gasteiger charge is 2.24. The summed E-state index contributed by atoms with van der Waals surface area (Å²) >= 11 is 0. The van der Waals surface area contributed by atoms with Gasteiger partial charge in [0.05, 0.1) is 11.4 Å². The SMILES string of the molecule is CCNC(=O)[C@H](C)NC(=O)CN(C)S(=O)(=O)c1ccc2ccccc2c1. The molecule has 0 heterocycles. The number of benzene rings is 2. The van der Waals surface area contributed by atoms with Gasteiger partial charge < -0.3 is 10.6 Å². The number of nitrogens with zero attached hydrogens (tertiary/aromatic N) is 1. The number of nitrogens with one attached hydrogen (secondary N) is 2. The van der Waals surface area contributed by atoms with E-state index in [-0.39, 0.29) is 17.3 Å². The third-order valence-corrected chi connectivity index (χ3v) is 5.72. The minimum atomic E-state index is -3.82. The average molecular weight is 377 g/mol. The fourth-order valence-corrected chi connectivity index (χ4v) is 3.64. The maximum absolute atomic E-state index is 12.7. The van der Waals surface area contributed by atoms with Crippen LogP contribution in [0.3, 0.4) is 0 Å². The Morgan fingerprint density at radius 3 is 2.42 bits per heavy atom. The molecule has 2 amide bonds. The van der Waals surface area contributed by atoms with Crippen molar-refractivity contribution in [1.82, 2.24) is 14.9 Å². The van der Waals surface area contributed by atoms with E-state index in [2.05, 4.69) is 10.6 Å². The molecule has 0 saturated carbocycles. The van der Waals surface area contributed by atoms with Crippen molar-refractivity contribution in [2.75, 3.05) is 20.1 Å². The van der Waals surface area contributed by atoms with Gasteiger partial charge in [0.15, 0.2) is 0 Å². The predicted octanol–water partition coefficient (Wildman–Crippen LogP) is 1.10. The Labute approximate surface area is 153 Å². The van der Waals surface area contributed by atoms with Crippen molar-refractivity contribution >= 4 is 32.6 Å². The summed E-state index contributed by atoms with van der Waals surface area (Å²) in [7, 11) is -2.49. The summed E-state index contributed by atoms with van der Waals surface area (Å²) in [6.45, 7) is 3.39. The summed E-state index contributed by atoms with van der Waals surface area (Å²) < 4.78 is 26.4. The zero-order valence-corrected chi connectivity index (χ0v) is 15.8. The Morgan fingerprint density at radius 2 is 1.77 bits per heavy atom. The second-order valence-corrected chi connectivity index (χ2v) is 8.00. The van der Waals surface area contributed by atoms with Crippen LogP contribution >= 0.6 is 0 Å². The standard InChI is InChI=1S/C18H23N3O4S/c1-4-19-18(23)13(2)20-17(22)12-21(3)26(24,25)16-10-9-14-7-5-6-8-15(14)11-16/h5-11,13H,4,12H2,1-3H3,(H,19,23)(H,20,22)/t13-/m0/s1. The van der Waals surface area contributed by atoms with E-state index in [1.807, 2.05) is 24.3 Å². The van der Waals surface area contributed by atoms with Gasteiger partial charge >= 0.3 is 0 Å². The van der Waals surface area contributed by atoms with Gasteiger partial charge in [0.25, 0.3) is 0 Å². The van der Waals surface area contributed by atoms with Crippen LogP contribution in [0.1, 0.15) is 13.8 Å². The number of hydrogen-bond donors (Lipinski definition) is 2. The molecule has 2 N–H and O–H groups in total. The first-order valence-electron chi connectivity index (χ1n) is 8.28. The van der Waals surface area contributed by atoms with E-state index in [9.17, 15) is 18.0 Å². The summed E-state index contributed by atoms with van der Waals surface area (Å²) in [5, 5.41) is 6.82. The van der Waals surface area contributed by atoms with Crippen molar-refractivity contribution in [3.63, 3.8) is 0 Å². The molecule has 0 spiro atoms. The van der Waals surface area contributed by atoms with Gasteiger partial charge in [-0.25, -0.2) is 8.42 Å². The number of fused-ring (bicyclic) bond motifs is 1. The molecule has 140 valence electrons. The lowest BCUT2D eigenvalue weighted by molar-refractivity contribution is -0.128. The van der Waals surface area contributed by atoms with Gasteiger partial charge in [0.2, 0.25) is 21.8 Å². The lowest BCUT2D eigenvalue weighted by Crippen LogP contribution is -2.48. The van der Waals surface area contributed by atoms with Crippen LogP contribution in [0.5, 0.6) is 0 Å². The third-order valence-electron chi connectivity index (χ3n) is 3.92. The lowest BCUT2D eigenvalue weighted by Gasteiger charge is -2.19. The van der Waals surface area contributed by atoms with Gasteiger partial charge in [-0.1, -0.05) is 30.3 Å². The summed E-state index contributed by atoms with van der Waals surface area (Å²) in [4.78, 5) is 23.8. The van der Waals surface area contributed by atoms with Crippen LogP contribution in [-0.2, 0) is 19.6 Å². The van der Waals surface area contributed by atoms with Crippen molar-refractivity contribution in [2.24, 2.45) is 0 Å². The normalized spacial score (nSPS) is 12.8. The Morgan fingerprint density at radius 1 is 1.12 bits per heavy atom. The maximum atomic E-state index is 12.7. The molecule has 2 aromatic carbocycles. The second kappa shape index (κ2) is 8.29. The quantitative estimate of drug-likeness (QED) is 0.755. The van der Waals surface area contributed by atoms with Crippen molar-refractivity contribution in [3.8, 4) is 0 Å². The minimum Gasteiger partial charge on any atom is -0.355 e. The zero-order valence-electron chi connectivity index (χ0n) is 15.0. The molecule has 1 atom stereocenters. The van der Waals surface area contributed by atoms with E-state index in [0.29, 0.717) is 6.54 Å². The van der Waals surface area contributed by atoms with Crippen LogP contribution in [0.4, 0.5) is 0 Å². The van der Waals surface area contributed by atoms with Gasteiger partial charge in [-0.2, -0.15) is 4.31 Å². The second-order valence-electron chi connectivity index (χ2n) is 5.95. The highest BCUT2D eigenvalue weighted by molar-refractivity contribution is 7.89. The Balaban J connectivity index is 2.10. The molecule has 26 heavy (non-hydrogen) atoms. The molecule has 2 aromatic rings. The molecule has 0 aromatic heterocycles. The molecular formula is C18H23N3O4S. The number of carbonyl (C=O) groups excluding carboxylic acids is 2. The van der Waals surface area contributed by atoms with E-state index in [4.69, 9.17) is 0 Å². The monoisotopic (exact) mass is 377 g/mol. The maximum Gasteiger partial charge on any atom is 0.243 e. The number of hydrogen-bond acceptors (Lipinski definition) is 4. The van der Waals surface area contributed by atoms with E-state index in [0.717, 1.165) is 15.1 Å². The van der Waals surface area contributed by atoms with Crippen molar-refractivity contribution < 1.29 is 18.0 Å². The smallest absolute Gasteiger partial charge is 0.243 e. The van der Waals surface area contributed by atoms with Crippen LogP contribution in [0.2, 0.25) is 0 Å². The molecule has 0 unspecified atom stereocenters. The Kier molecular flexibility index (Phi) is 6.33. The Hall–Kier alpha value is -2.45. The fourth-order valence-electron chi connectivity index (χ4n) is 2.48. The van der Waals surface area contributed by atoms with Crippen LogP contribution in [-0.4, -0.2) is 50.7 Å². The van der Waals surface area contributed by atoms with Gasteiger partial charge in [-0.15, -0.1) is 0 Å². The fraction of sp³-hybridized carbons (Fsp3) is 0.333. The molecule has 8 heteroatoms. The number of rotatable bonds is 7. The van der Waals surface area contributed by atoms with Crippen LogP contribution in [0, 0.1) is 0 Å². The molecule has 2 rings (SSSR count). The molecule has 0 aliphatic rings. The molecule has 0 aliphatic carbocycles. The summed E-state index contributed by atoms with van der Waals surface area (Å²) in [5.74, 6) is -0.864. The zero-order chi connectivity index (χ0) is 19.3. The van der Waals surface area contributed by atoms with Crippen molar-refractivity contribution in [2.45, 2.75) is 24.8 Å². The largest absolute Gasteiger partial charge is 0.355 e. The van der Waals surface area contributed by atoms with Crippen LogP contribution in [0.25, 0.3) is 10.8 Å². The van der Waals surface area contributed by atoms with E-state index >= 15 is 0 Å². The van der Waals surface area contributed by atoms with Crippen molar-refractivity contribution in [1.29, 1.82) is 0 Å². The molecule has 7 nitrogen and oxygen atoms in total. The molecule has 0 saturated heterocycles. The number of sulfonamides is 1. The van der Waals surface area contributed by atoms with Crippen molar-refractivity contribution in [3.05, 3.63) is 42.5 Å². The van der Waals surface area contributed by atoms with Gasteiger partial charge in [0, 0.05) is 13.6 Å². The highest BCUT2D eigenvalue weighted by Crippen LogP contribution is 2.21. The number of likely N-dealkylation sites (N-methyl/N-ethyl adjacent to an activating group) is 2. The Bertz CT molecular complexity index is 912. The van der Waals surface area contributed by atoms with Gasteiger partial charge in [-0.3, -0.25) is 9.59 Å². The number of amides is 2. The minimum absolute atomic E-state index is 0.114. The van der Waals surface area contributed by atoms with Crippen LogP contribution < -0.4 is 10.6 Å². The lowest BCUT2D eigenvalue weighted by atomic mass is 10.1. The predicted molar refractivity (Wildman–Crippen MR) is 100 cm³/mol. The molecule has 0 aliphatic heterocycles. The first-order valence-corrected chi connectivity index (χ1v) is 9.72. The third kappa shape index (κ3) is 4.59. The highest BCUT2D eigenvalue weighted by atomic mass is 32.2. The van der Waals surface area contributed by atoms with Gasteiger partial charge in [0.1, 0.15) is 6.04 Å². The average Bonchev–Trinajstić information content (AvgIpc) is 2.61. The van der Waals surface area contributed by atoms with E-state index in [1.165, 1.54) is 13.1 Å². The van der Waals surface area contributed by atoms with E-state index in [1.54, 1.807) is 26.0 Å². The number of carbonyl (C=O) groups is 2. The topological polar surface area (TPSA) is 95.6 Å². The molecular weight excluding hydrogens is 354 g/mol. The summed E-state index contributed by atoms with van der Waals surface area (Å²) in [5.41, 5.74) is 0. The first kappa shape index (κ1) is 19.9.